The summed E-state index contributed by atoms with van der Waals surface area (Å²) in [5.74, 6) is 0.625. The van der Waals surface area contributed by atoms with E-state index in [1.807, 2.05) is 11.8 Å². The molecule has 1 amide bonds. The highest BCUT2D eigenvalue weighted by Gasteiger charge is 2.19. The molecule has 0 aliphatic carbocycles. The Hall–Kier alpha value is -2.41. The van der Waals surface area contributed by atoms with Crippen LogP contribution in [0.3, 0.4) is 0 Å². The zero-order valence-electron chi connectivity index (χ0n) is 13.1. The van der Waals surface area contributed by atoms with Crippen molar-refractivity contribution >= 4 is 29.3 Å². The number of rotatable bonds is 4. The van der Waals surface area contributed by atoms with Crippen LogP contribution in [-0.4, -0.2) is 35.5 Å². The molecule has 3 rings (SSSR count). The maximum absolute atomic E-state index is 13.0. The van der Waals surface area contributed by atoms with Crippen LogP contribution in [0.15, 0.2) is 30.3 Å². The molecule has 1 aliphatic heterocycles. The lowest BCUT2D eigenvalue weighted by Gasteiger charge is -2.28. The van der Waals surface area contributed by atoms with Crippen LogP contribution >= 0.6 is 11.6 Å². The van der Waals surface area contributed by atoms with Crippen molar-refractivity contribution in [2.75, 3.05) is 29.9 Å². The maximum Gasteiger partial charge on any atom is 0.239 e. The van der Waals surface area contributed by atoms with Crippen molar-refractivity contribution in [1.29, 1.82) is 0 Å². The zero-order valence-corrected chi connectivity index (χ0v) is 13.8. The van der Waals surface area contributed by atoms with Gasteiger partial charge in [0.15, 0.2) is 0 Å². The molecule has 1 aromatic carbocycles. The van der Waals surface area contributed by atoms with E-state index in [1.54, 1.807) is 18.2 Å². The molecular formula is C16H17ClFN5O. The van der Waals surface area contributed by atoms with Crippen molar-refractivity contribution in [2.45, 2.75) is 13.0 Å². The molecule has 2 N–H and O–H groups in total. The van der Waals surface area contributed by atoms with Gasteiger partial charge in [-0.05, 0) is 24.6 Å². The third-order valence-corrected chi connectivity index (χ3v) is 3.95. The van der Waals surface area contributed by atoms with Gasteiger partial charge in [-0.1, -0.05) is 23.7 Å². The second-order valence-electron chi connectivity index (χ2n) is 5.56. The van der Waals surface area contributed by atoms with E-state index < -0.39 is 0 Å². The topological polar surface area (TPSA) is 70.2 Å². The van der Waals surface area contributed by atoms with Crippen LogP contribution in [0.25, 0.3) is 0 Å². The van der Waals surface area contributed by atoms with Crippen molar-refractivity contribution in [2.24, 2.45) is 0 Å². The van der Waals surface area contributed by atoms with Gasteiger partial charge in [-0.25, -0.2) is 9.37 Å². The van der Waals surface area contributed by atoms with Gasteiger partial charge in [0.1, 0.15) is 16.8 Å². The van der Waals surface area contributed by atoms with Crippen molar-refractivity contribution < 1.29 is 9.18 Å². The van der Waals surface area contributed by atoms with Crippen molar-refractivity contribution in [3.8, 4) is 0 Å². The highest BCUT2D eigenvalue weighted by molar-refractivity contribution is 6.29. The summed E-state index contributed by atoms with van der Waals surface area (Å²) in [5, 5.41) is 6.21. The number of aromatic nitrogens is 2. The van der Waals surface area contributed by atoms with E-state index in [-0.39, 0.29) is 24.3 Å². The van der Waals surface area contributed by atoms with Gasteiger partial charge in [0, 0.05) is 19.2 Å². The van der Waals surface area contributed by atoms with E-state index in [0.29, 0.717) is 30.0 Å². The number of piperazine rings is 1. The van der Waals surface area contributed by atoms with Crippen LogP contribution in [-0.2, 0) is 4.79 Å². The number of hydrogen-bond donors (Lipinski definition) is 2. The summed E-state index contributed by atoms with van der Waals surface area (Å²) in [6.45, 7) is 3.38. The largest absolute Gasteiger partial charge is 0.353 e. The van der Waals surface area contributed by atoms with Crippen LogP contribution in [0.5, 0.6) is 0 Å². The molecule has 1 saturated heterocycles. The standard InChI is InChI=1S/C16H17ClFN5O/c1-10(11-2-4-12(18)5-3-11)20-16-21-13(17)8-14(22-16)23-7-6-19-15(24)9-23/h2-5,8,10H,6-7,9H2,1H3,(H,19,24)(H,20,21,22). The van der Waals surface area contributed by atoms with E-state index in [9.17, 15) is 9.18 Å². The first-order valence-electron chi connectivity index (χ1n) is 7.59. The van der Waals surface area contributed by atoms with E-state index >= 15 is 0 Å². The van der Waals surface area contributed by atoms with Crippen molar-refractivity contribution in [1.82, 2.24) is 15.3 Å². The second-order valence-corrected chi connectivity index (χ2v) is 5.95. The molecule has 126 valence electrons. The molecule has 8 heteroatoms. The van der Waals surface area contributed by atoms with E-state index in [0.717, 1.165) is 5.56 Å². The molecule has 0 saturated carbocycles. The van der Waals surface area contributed by atoms with Crippen LogP contribution in [0.4, 0.5) is 16.2 Å². The second kappa shape index (κ2) is 7.00. The number of hydrogen-bond acceptors (Lipinski definition) is 5. The van der Waals surface area contributed by atoms with E-state index in [2.05, 4.69) is 20.6 Å². The Kier molecular flexibility index (Phi) is 4.80. The quantitative estimate of drug-likeness (QED) is 0.829. The molecule has 0 spiro atoms. The lowest BCUT2D eigenvalue weighted by molar-refractivity contribution is -0.120. The molecule has 2 aromatic rings. The maximum atomic E-state index is 13.0. The third-order valence-electron chi connectivity index (χ3n) is 3.76. The Morgan fingerprint density at radius 2 is 2.08 bits per heavy atom. The SMILES string of the molecule is CC(Nc1nc(Cl)cc(N2CCNC(=O)C2)n1)c1ccc(F)cc1. The van der Waals surface area contributed by atoms with Gasteiger partial charge < -0.3 is 15.5 Å². The Balaban J connectivity index is 1.78. The Morgan fingerprint density at radius 1 is 1.33 bits per heavy atom. The summed E-state index contributed by atoms with van der Waals surface area (Å²) in [4.78, 5) is 22.0. The molecule has 1 aliphatic rings. The van der Waals surface area contributed by atoms with E-state index in [4.69, 9.17) is 11.6 Å². The number of nitrogens with one attached hydrogen (secondary N) is 2. The number of amides is 1. The number of benzene rings is 1. The number of carbonyl (C=O) groups is 1. The molecule has 0 bridgehead atoms. The summed E-state index contributed by atoms with van der Waals surface area (Å²) in [6, 6.07) is 7.73. The van der Waals surface area contributed by atoms with Crippen LogP contribution in [0.1, 0.15) is 18.5 Å². The minimum absolute atomic E-state index is 0.0508. The highest BCUT2D eigenvalue weighted by Crippen LogP contribution is 2.22. The predicted octanol–water partition coefficient (Wildman–Crippen LogP) is 2.38. The molecule has 1 aromatic heterocycles. The van der Waals surface area contributed by atoms with Crippen molar-refractivity contribution in [3.63, 3.8) is 0 Å². The van der Waals surface area contributed by atoms with Crippen LogP contribution in [0.2, 0.25) is 5.15 Å². The Bertz CT molecular complexity index is 740. The summed E-state index contributed by atoms with van der Waals surface area (Å²) in [7, 11) is 0. The number of nitrogens with zero attached hydrogens (tertiary/aromatic N) is 3. The highest BCUT2D eigenvalue weighted by atomic mass is 35.5. The molecule has 1 unspecified atom stereocenters. The molecule has 24 heavy (non-hydrogen) atoms. The van der Waals surface area contributed by atoms with Gasteiger partial charge in [-0.15, -0.1) is 0 Å². The first-order chi connectivity index (χ1) is 11.5. The molecular weight excluding hydrogens is 333 g/mol. The average Bonchev–Trinajstić information content (AvgIpc) is 2.55. The fourth-order valence-corrected chi connectivity index (χ4v) is 2.67. The predicted molar refractivity (Wildman–Crippen MR) is 90.7 cm³/mol. The molecule has 0 radical (unpaired) electrons. The van der Waals surface area contributed by atoms with Gasteiger partial charge in [0.2, 0.25) is 11.9 Å². The fraction of sp³-hybridized carbons (Fsp3) is 0.312. The summed E-state index contributed by atoms with van der Waals surface area (Å²) in [5.41, 5.74) is 0.902. The molecule has 1 atom stereocenters. The van der Waals surface area contributed by atoms with E-state index in [1.165, 1.54) is 12.1 Å². The van der Waals surface area contributed by atoms with Gasteiger partial charge >= 0.3 is 0 Å². The minimum atomic E-state index is -0.282. The smallest absolute Gasteiger partial charge is 0.239 e. The molecule has 2 heterocycles. The van der Waals surface area contributed by atoms with Gasteiger partial charge in [0.05, 0.1) is 12.6 Å². The lowest BCUT2D eigenvalue weighted by atomic mass is 10.1. The minimum Gasteiger partial charge on any atom is -0.353 e. The third kappa shape index (κ3) is 3.91. The van der Waals surface area contributed by atoms with Gasteiger partial charge in [-0.2, -0.15) is 4.98 Å². The molecule has 1 fully saturated rings. The summed E-state index contributed by atoms with van der Waals surface area (Å²) >= 11 is 6.09. The van der Waals surface area contributed by atoms with Gasteiger partial charge in [0.25, 0.3) is 0 Å². The first-order valence-corrected chi connectivity index (χ1v) is 7.97. The number of anilines is 2. The Labute approximate surface area is 144 Å². The van der Waals surface area contributed by atoms with Crippen LogP contribution in [0, 0.1) is 5.82 Å². The number of halogens is 2. The first kappa shape index (κ1) is 16.4. The fourth-order valence-electron chi connectivity index (χ4n) is 2.49. The average molecular weight is 350 g/mol. The summed E-state index contributed by atoms with van der Waals surface area (Å²) < 4.78 is 13.0. The monoisotopic (exact) mass is 349 g/mol. The number of carbonyl (C=O) groups excluding carboxylic acids is 1. The lowest BCUT2D eigenvalue weighted by Crippen LogP contribution is -2.48. The van der Waals surface area contributed by atoms with Crippen LogP contribution < -0.4 is 15.5 Å². The van der Waals surface area contributed by atoms with Gasteiger partial charge in [-0.3, -0.25) is 4.79 Å². The zero-order chi connectivity index (χ0) is 17.1. The van der Waals surface area contributed by atoms with Crippen molar-refractivity contribution in [3.05, 3.63) is 46.9 Å². The molecule has 6 nitrogen and oxygen atoms in total. The summed E-state index contributed by atoms with van der Waals surface area (Å²) in [6.07, 6.45) is 0. The Morgan fingerprint density at radius 3 is 2.79 bits per heavy atom. The normalized spacial score (nSPS) is 15.8.